The van der Waals surface area contributed by atoms with Crippen molar-refractivity contribution in [2.45, 2.75) is 9.79 Å². The van der Waals surface area contributed by atoms with E-state index in [0.29, 0.717) is 0 Å². The van der Waals surface area contributed by atoms with Crippen molar-refractivity contribution in [2.24, 2.45) is 0 Å². The molecule has 1 aromatic rings. The van der Waals surface area contributed by atoms with E-state index < -0.39 is 30.0 Å². The van der Waals surface area contributed by atoms with Crippen LogP contribution in [-0.4, -0.2) is 25.9 Å². The molecular weight excluding hydrogens is 232 g/mol. The van der Waals surface area contributed by atoms with Crippen LogP contribution in [0.5, 0.6) is 0 Å². The van der Waals surface area contributed by atoms with Gasteiger partial charge in [-0.25, -0.2) is 0 Å². The highest BCUT2D eigenvalue weighted by Gasteiger charge is 2.13. The Balaban J connectivity index is 3.28. The maximum atomic E-state index is 10.5. The third-order valence-electron chi connectivity index (χ3n) is 1.33. The first-order valence-electron chi connectivity index (χ1n) is 3.18. The molecule has 0 spiro atoms. The first kappa shape index (κ1) is 11.1. The summed E-state index contributed by atoms with van der Waals surface area (Å²) >= 11 is 0. The Hall–Kier alpha value is -0.960. The second kappa shape index (κ2) is 3.31. The lowest BCUT2D eigenvalue weighted by Crippen LogP contribution is -2.01. The lowest BCUT2D eigenvalue weighted by atomic mass is 10.4. The highest BCUT2D eigenvalue weighted by Crippen LogP contribution is 2.12. The normalized spacial score (nSPS) is 12.7. The number of benzene rings is 1. The Morgan fingerprint density at radius 3 is 1.86 bits per heavy atom. The fourth-order valence-electron chi connectivity index (χ4n) is 0.717. The molecule has 2 N–H and O–H groups in total. The Bertz CT molecular complexity index is 473. The van der Waals surface area contributed by atoms with Gasteiger partial charge in [0.1, 0.15) is 4.90 Å². The van der Waals surface area contributed by atoms with E-state index in [9.17, 15) is 16.8 Å². The first-order valence-corrected chi connectivity index (χ1v) is 6.06. The standard InChI is InChI=1S/C6H5O6S2/c7-13(8,9)5-1-2-6(4-3-5)14(10,11)12/h1-3H,(H,7,8,9)(H,10,11,12). The van der Waals surface area contributed by atoms with Gasteiger partial charge in [-0.05, 0) is 18.2 Å². The Morgan fingerprint density at radius 1 is 1.00 bits per heavy atom. The number of hydrogen-bond acceptors (Lipinski definition) is 4. The van der Waals surface area contributed by atoms with Crippen molar-refractivity contribution in [1.82, 2.24) is 0 Å². The second-order valence-electron chi connectivity index (χ2n) is 2.34. The molecule has 1 rings (SSSR count). The van der Waals surface area contributed by atoms with Crippen LogP contribution in [0.15, 0.2) is 28.0 Å². The molecular formula is C6H5O6S2. The van der Waals surface area contributed by atoms with Gasteiger partial charge in [-0.15, -0.1) is 0 Å². The molecule has 0 saturated carbocycles. The molecule has 0 aliphatic rings. The summed E-state index contributed by atoms with van der Waals surface area (Å²) in [5.41, 5.74) is 0. The molecule has 0 saturated heterocycles. The average molecular weight is 237 g/mol. The summed E-state index contributed by atoms with van der Waals surface area (Å²) in [5.74, 6) is 0. The van der Waals surface area contributed by atoms with Crippen LogP contribution in [0.4, 0.5) is 0 Å². The predicted molar refractivity (Wildman–Crippen MR) is 44.9 cm³/mol. The van der Waals surface area contributed by atoms with Crippen LogP contribution in [0, 0.1) is 6.07 Å². The summed E-state index contributed by atoms with van der Waals surface area (Å²) in [6.07, 6.45) is 0. The van der Waals surface area contributed by atoms with Crippen molar-refractivity contribution in [3.63, 3.8) is 0 Å². The first-order chi connectivity index (χ1) is 6.21. The van der Waals surface area contributed by atoms with Gasteiger partial charge in [0.25, 0.3) is 20.2 Å². The molecule has 1 radical (unpaired) electrons. The summed E-state index contributed by atoms with van der Waals surface area (Å²) in [4.78, 5) is -1.06. The van der Waals surface area contributed by atoms with E-state index in [1.165, 1.54) is 0 Å². The molecule has 0 aliphatic heterocycles. The highest BCUT2D eigenvalue weighted by molar-refractivity contribution is 7.86. The van der Waals surface area contributed by atoms with Crippen molar-refractivity contribution in [1.29, 1.82) is 0 Å². The van der Waals surface area contributed by atoms with Gasteiger partial charge in [0.15, 0.2) is 0 Å². The summed E-state index contributed by atoms with van der Waals surface area (Å²) in [5, 5.41) is 0. The maximum absolute atomic E-state index is 10.5. The molecule has 8 heteroatoms. The molecule has 0 fully saturated rings. The molecule has 0 aliphatic carbocycles. The minimum atomic E-state index is -4.40. The molecule has 6 nitrogen and oxygen atoms in total. The predicted octanol–water partition coefficient (Wildman–Crippen LogP) is -0.0198. The van der Waals surface area contributed by atoms with Gasteiger partial charge < -0.3 is 0 Å². The summed E-state index contributed by atoms with van der Waals surface area (Å²) in [6.45, 7) is 0. The molecule has 14 heavy (non-hydrogen) atoms. The van der Waals surface area contributed by atoms with E-state index in [1.807, 2.05) is 6.07 Å². The van der Waals surface area contributed by atoms with Crippen molar-refractivity contribution < 1.29 is 25.9 Å². The molecule has 0 unspecified atom stereocenters. The number of rotatable bonds is 2. The maximum Gasteiger partial charge on any atom is 0.295 e. The Morgan fingerprint density at radius 2 is 1.57 bits per heavy atom. The fraction of sp³-hybridized carbons (Fsp3) is 0. The van der Waals surface area contributed by atoms with Crippen LogP contribution < -0.4 is 0 Å². The highest BCUT2D eigenvalue weighted by atomic mass is 32.2. The van der Waals surface area contributed by atoms with Crippen LogP contribution in [0.1, 0.15) is 0 Å². The largest absolute Gasteiger partial charge is 0.295 e. The average Bonchev–Trinajstić information content (AvgIpc) is 2.01. The molecule has 0 bridgehead atoms. The van der Waals surface area contributed by atoms with E-state index in [0.717, 1.165) is 18.2 Å². The molecule has 0 atom stereocenters. The van der Waals surface area contributed by atoms with Gasteiger partial charge in [0.2, 0.25) is 0 Å². The van der Waals surface area contributed by atoms with Gasteiger partial charge in [-0.2, -0.15) is 16.8 Å². The minimum Gasteiger partial charge on any atom is -0.282 e. The van der Waals surface area contributed by atoms with Crippen LogP contribution in [0.25, 0.3) is 0 Å². The van der Waals surface area contributed by atoms with E-state index in [-0.39, 0.29) is 0 Å². The zero-order valence-corrected chi connectivity index (χ0v) is 8.21. The van der Waals surface area contributed by atoms with Gasteiger partial charge >= 0.3 is 0 Å². The third kappa shape index (κ3) is 2.51. The molecule has 0 aromatic heterocycles. The summed E-state index contributed by atoms with van der Waals surface area (Å²) in [6, 6.07) is 4.41. The Kier molecular flexibility index (Phi) is 2.63. The minimum absolute atomic E-state index is 0.495. The van der Waals surface area contributed by atoms with E-state index in [1.54, 1.807) is 0 Å². The van der Waals surface area contributed by atoms with Crippen molar-refractivity contribution in [3.05, 3.63) is 24.3 Å². The zero-order valence-electron chi connectivity index (χ0n) is 6.58. The van der Waals surface area contributed by atoms with Gasteiger partial charge in [-0.1, -0.05) is 0 Å². The van der Waals surface area contributed by atoms with Crippen molar-refractivity contribution in [2.75, 3.05) is 0 Å². The van der Waals surface area contributed by atoms with Crippen LogP contribution >= 0.6 is 0 Å². The van der Waals surface area contributed by atoms with Crippen LogP contribution in [-0.2, 0) is 20.2 Å². The second-order valence-corrected chi connectivity index (χ2v) is 5.15. The van der Waals surface area contributed by atoms with Gasteiger partial charge in [0, 0.05) is 6.07 Å². The Labute approximate surface area is 80.7 Å². The molecule has 0 heterocycles. The summed E-state index contributed by atoms with van der Waals surface area (Å²) < 4.78 is 59.1. The monoisotopic (exact) mass is 237 g/mol. The van der Waals surface area contributed by atoms with Gasteiger partial charge in [-0.3, -0.25) is 9.11 Å². The molecule has 0 amide bonds. The topological polar surface area (TPSA) is 109 Å². The SMILES string of the molecule is O=S(=O)(O)c1[c]cc(S(=O)(=O)O)cc1. The van der Waals surface area contributed by atoms with E-state index in [4.69, 9.17) is 9.11 Å². The van der Waals surface area contributed by atoms with E-state index >= 15 is 0 Å². The lowest BCUT2D eigenvalue weighted by Gasteiger charge is -1.97. The van der Waals surface area contributed by atoms with E-state index in [2.05, 4.69) is 0 Å². The number of hydrogen-bond donors (Lipinski definition) is 2. The molecule has 77 valence electrons. The summed E-state index contributed by atoms with van der Waals surface area (Å²) in [7, 11) is -8.77. The van der Waals surface area contributed by atoms with Gasteiger partial charge in [0.05, 0.1) is 4.90 Å². The van der Waals surface area contributed by atoms with Crippen LogP contribution in [0.3, 0.4) is 0 Å². The fourth-order valence-corrected chi connectivity index (χ4v) is 1.61. The van der Waals surface area contributed by atoms with Crippen LogP contribution in [0.2, 0.25) is 0 Å². The smallest absolute Gasteiger partial charge is 0.282 e. The lowest BCUT2D eigenvalue weighted by molar-refractivity contribution is 0.478. The van der Waals surface area contributed by atoms with Crippen molar-refractivity contribution >= 4 is 20.2 Å². The van der Waals surface area contributed by atoms with Crippen molar-refractivity contribution in [3.8, 4) is 0 Å². The molecule has 1 aromatic carbocycles. The quantitative estimate of drug-likeness (QED) is 0.700. The zero-order chi connectivity index (χ0) is 11.0. The third-order valence-corrected chi connectivity index (χ3v) is 2.99.